The van der Waals surface area contributed by atoms with Crippen molar-refractivity contribution >= 4 is 21.2 Å². The summed E-state index contributed by atoms with van der Waals surface area (Å²) in [5.74, 6) is 0. The van der Waals surface area contributed by atoms with Gasteiger partial charge in [-0.05, 0) is 30.4 Å². The minimum absolute atomic E-state index is 0.0327. The van der Waals surface area contributed by atoms with E-state index in [0.29, 0.717) is 12.2 Å². The number of sulfone groups is 1. The van der Waals surface area contributed by atoms with Gasteiger partial charge < -0.3 is 10.0 Å². The number of nitrogens with zero attached hydrogens (tertiary/aromatic N) is 2. The van der Waals surface area contributed by atoms with Gasteiger partial charge in [0, 0.05) is 18.9 Å². The minimum Gasteiger partial charge on any atom is -0.394 e. The third kappa shape index (κ3) is 3.81. The lowest BCUT2D eigenvalue weighted by Crippen LogP contribution is -2.48. The summed E-state index contributed by atoms with van der Waals surface area (Å²) in [6.45, 7) is 4.62. The zero-order valence-electron chi connectivity index (χ0n) is 13.5. The molecule has 2 rings (SSSR count). The monoisotopic (exact) mass is 342 g/mol. The first-order valence-electron chi connectivity index (χ1n) is 7.41. The van der Waals surface area contributed by atoms with E-state index in [1.807, 2.05) is 4.90 Å². The van der Waals surface area contributed by atoms with E-state index in [0.717, 1.165) is 25.2 Å². The molecule has 128 valence electrons. The van der Waals surface area contributed by atoms with E-state index in [4.69, 9.17) is 0 Å². The predicted molar refractivity (Wildman–Crippen MR) is 87.4 cm³/mol. The van der Waals surface area contributed by atoms with Crippen molar-refractivity contribution in [1.29, 1.82) is 0 Å². The van der Waals surface area contributed by atoms with Gasteiger partial charge in [-0.1, -0.05) is 13.8 Å². The smallest absolute Gasteiger partial charge is 0.293 e. The number of nitro groups is 1. The Morgan fingerprint density at radius 1 is 1.43 bits per heavy atom. The third-order valence-electron chi connectivity index (χ3n) is 4.29. The Balaban J connectivity index is 2.54. The fourth-order valence-corrected chi connectivity index (χ4v) is 3.62. The largest absolute Gasteiger partial charge is 0.394 e. The second kappa shape index (κ2) is 6.09. The summed E-state index contributed by atoms with van der Waals surface area (Å²) in [6, 6.07) is 3.75. The maximum atomic E-state index is 11.6. The maximum Gasteiger partial charge on any atom is 0.293 e. The Kier molecular flexibility index (Phi) is 4.68. The van der Waals surface area contributed by atoms with Crippen molar-refractivity contribution < 1.29 is 18.4 Å². The number of benzene rings is 1. The van der Waals surface area contributed by atoms with E-state index in [-0.39, 0.29) is 28.6 Å². The lowest BCUT2D eigenvalue weighted by molar-refractivity contribution is -0.384. The molecule has 1 N–H and O–H groups in total. The number of piperidine rings is 1. The van der Waals surface area contributed by atoms with E-state index in [1.54, 1.807) is 0 Å². The summed E-state index contributed by atoms with van der Waals surface area (Å²) < 4.78 is 23.3. The molecular formula is C15H22N2O5S. The fraction of sp³-hybridized carbons (Fsp3) is 0.600. The molecule has 1 aromatic carbocycles. The van der Waals surface area contributed by atoms with E-state index in [9.17, 15) is 23.6 Å². The average molecular weight is 342 g/mol. The zero-order valence-corrected chi connectivity index (χ0v) is 14.3. The number of aliphatic hydroxyl groups is 1. The van der Waals surface area contributed by atoms with Gasteiger partial charge in [0.1, 0.15) is 5.69 Å². The van der Waals surface area contributed by atoms with Crippen molar-refractivity contribution in [2.45, 2.75) is 37.6 Å². The van der Waals surface area contributed by atoms with Gasteiger partial charge in [-0.15, -0.1) is 0 Å². The van der Waals surface area contributed by atoms with Gasteiger partial charge in [0.25, 0.3) is 5.69 Å². The molecule has 0 aromatic heterocycles. The summed E-state index contributed by atoms with van der Waals surface area (Å²) in [7, 11) is -3.52. The lowest BCUT2D eigenvalue weighted by Gasteiger charge is -2.44. The van der Waals surface area contributed by atoms with Crippen molar-refractivity contribution in [2.24, 2.45) is 5.41 Å². The molecule has 7 nitrogen and oxygen atoms in total. The molecule has 1 aromatic rings. The average Bonchev–Trinajstić information content (AvgIpc) is 2.44. The highest BCUT2D eigenvalue weighted by molar-refractivity contribution is 7.90. The van der Waals surface area contributed by atoms with E-state index in [1.165, 1.54) is 12.1 Å². The zero-order chi connectivity index (χ0) is 17.4. The van der Waals surface area contributed by atoms with E-state index < -0.39 is 14.8 Å². The van der Waals surface area contributed by atoms with Crippen LogP contribution in [0.25, 0.3) is 0 Å². The Labute approximate surface area is 136 Å². The number of anilines is 1. The van der Waals surface area contributed by atoms with Crippen LogP contribution in [0.5, 0.6) is 0 Å². The van der Waals surface area contributed by atoms with Crippen molar-refractivity contribution in [3.8, 4) is 0 Å². The summed E-state index contributed by atoms with van der Waals surface area (Å²) in [5, 5.41) is 21.0. The standard InChI is InChI=1S/C15H22N2O5S/c1-15(2)7-6-11(9-18)16(10-15)13-5-4-12(23(3,21)22)8-14(13)17(19)20/h4-5,8,11,18H,6-7,9-10H2,1-3H3. The summed E-state index contributed by atoms with van der Waals surface area (Å²) in [6.07, 6.45) is 2.67. The van der Waals surface area contributed by atoms with Crippen LogP contribution in [0, 0.1) is 15.5 Å². The molecule has 23 heavy (non-hydrogen) atoms. The number of hydrogen-bond donors (Lipinski definition) is 1. The molecule has 0 saturated carbocycles. The normalized spacial score (nSPS) is 21.2. The van der Waals surface area contributed by atoms with Crippen LogP contribution in [0.3, 0.4) is 0 Å². The molecule has 1 saturated heterocycles. The molecule has 0 spiro atoms. The molecule has 0 bridgehead atoms. The van der Waals surface area contributed by atoms with Gasteiger partial charge in [0.2, 0.25) is 0 Å². The van der Waals surface area contributed by atoms with Gasteiger partial charge >= 0.3 is 0 Å². The first kappa shape index (κ1) is 17.7. The number of aliphatic hydroxyl groups excluding tert-OH is 1. The van der Waals surface area contributed by atoms with Crippen LogP contribution in [0.1, 0.15) is 26.7 Å². The number of nitro benzene ring substituents is 1. The second-order valence-corrected chi connectivity index (χ2v) is 8.86. The van der Waals surface area contributed by atoms with Crippen LogP contribution >= 0.6 is 0 Å². The van der Waals surface area contributed by atoms with Crippen LogP contribution in [0.15, 0.2) is 23.1 Å². The van der Waals surface area contributed by atoms with E-state index >= 15 is 0 Å². The summed E-state index contributed by atoms with van der Waals surface area (Å²) >= 11 is 0. The van der Waals surface area contributed by atoms with Crippen molar-refractivity contribution in [2.75, 3.05) is 24.3 Å². The molecule has 0 radical (unpaired) electrons. The number of hydrogen-bond acceptors (Lipinski definition) is 6. The van der Waals surface area contributed by atoms with Crippen LogP contribution in [-0.4, -0.2) is 43.9 Å². The van der Waals surface area contributed by atoms with Gasteiger partial charge in [-0.3, -0.25) is 10.1 Å². The molecular weight excluding hydrogens is 320 g/mol. The highest BCUT2D eigenvalue weighted by Gasteiger charge is 2.35. The molecule has 1 aliphatic rings. The van der Waals surface area contributed by atoms with Crippen LogP contribution in [-0.2, 0) is 9.84 Å². The predicted octanol–water partition coefficient (Wildman–Crippen LogP) is 1.99. The molecule has 0 amide bonds. The Bertz CT molecular complexity index is 715. The molecule has 1 unspecified atom stereocenters. The van der Waals surface area contributed by atoms with Crippen LogP contribution in [0.4, 0.5) is 11.4 Å². The molecule has 1 atom stereocenters. The van der Waals surface area contributed by atoms with Gasteiger partial charge in [0.05, 0.1) is 22.5 Å². The molecule has 1 aliphatic heterocycles. The number of rotatable bonds is 4. The molecule has 0 aliphatic carbocycles. The van der Waals surface area contributed by atoms with Crippen molar-refractivity contribution in [3.05, 3.63) is 28.3 Å². The van der Waals surface area contributed by atoms with Crippen molar-refractivity contribution in [3.63, 3.8) is 0 Å². The van der Waals surface area contributed by atoms with Crippen molar-refractivity contribution in [1.82, 2.24) is 0 Å². The topological polar surface area (TPSA) is 101 Å². The van der Waals surface area contributed by atoms with Gasteiger partial charge in [-0.2, -0.15) is 0 Å². The van der Waals surface area contributed by atoms with Crippen LogP contribution < -0.4 is 4.90 Å². The Hall–Kier alpha value is -1.67. The maximum absolute atomic E-state index is 11.6. The molecule has 1 heterocycles. The van der Waals surface area contributed by atoms with Crippen LogP contribution in [0.2, 0.25) is 0 Å². The summed E-state index contributed by atoms with van der Waals surface area (Å²) in [5.41, 5.74) is 0.0768. The van der Waals surface area contributed by atoms with Gasteiger partial charge in [0.15, 0.2) is 9.84 Å². The minimum atomic E-state index is -3.52. The Morgan fingerprint density at radius 3 is 2.61 bits per heavy atom. The highest BCUT2D eigenvalue weighted by atomic mass is 32.2. The molecule has 8 heteroatoms. The van der Waals surface area contributed by atoms with E-state index in [2.05, 4.69) is 13.8 Å². The third-order valence-corrected chi connectivity index (χ3v) is 5.40. The lowest BCUT2D eigenvalue weighted by atomic mass is 9.81. The van der Waals surface area contributed by atoms with Gasteiger partial charge in [-0.25, -0.2) is 8.42 Å². The first-order chi connectivity index (χ1) is 10.5. The fourth-order valence-electron chi connectivity index (χ4n) is 2.98. The molecule has 1 fully saturated rings. The Morgan fingerprint density at radius 2 is 2.09 bits per heavy atom. The summed E-state index contributed by atoms with van der Waals surface area (Å²) in [4.78, 5) is 12.6. The quantitative estimate of drug-likeness (QED) is 0.663. The first-order valence-corrected chi connectivity index (χ1v) is 9.30. The SMILES string of the molecule is CC1(C)CCC(CO)N(c2ccc(S(C)(=O)=O)cc2[N+](=O)[O-])C1. The highest BCUT2D eigenvalue weighted by Crippen LogP contribution is 2.39. The second-order valence-electron chi connectivity index (χ2n) is 6.85.